The molecule has 3 N–H and O–H groups in total. The first-order chi connectivity index (χ1) is 10.8. The lowest BCUT2D eigenvalue weighted by molar-refractivity contribution is 0.180. The van der Waals surface area contributed by atoms with E-state index in [1.165, 1.54) is 0 Å². The number of nitrogens with two attached hydrogens (primary N) is 1. The minimum Gasteiger partial charge on any atom is -0.399 e. The third-order valence-electron chi connectivity index (χ3n) is 2.85. The highest BCUT2D eigenvalue weighted by Gasteiger charge is 1.91. The quantitative estimate of drug-likeness (QED) is 0.550. The Bertz CT molecular complexity index is 588. The van der Waals surface area contributed by atoms with Crippen LogP contribution in [0.15, 0.2) is 91.0 Å². The number of benzene rings is 3. The number of hydrogen-bond acceptors (Lipinski definition) is 3. The van der Waals surface area contributed by atoms with Crippen molar-refractivity contribution in [1.29, 1.82) is 0 Å². The van der Waals surface area contributed by atoms with E-state index in [0.29, 0.717) is 6.61 Å². The van der Waals surface area contributed by atoms with Crippen LogP contribution in [-0.4, -0.2) is 0 Å². The Morgan fingerprint density at radius 1 is 0.682 bits per heavy atom. The normalized spacial score (nSPS) is 9.45. The molecule has 3 heteroatoms. The Morgan fingerprint density at radius 2 is 1.18 bits per heavy atom. The highest BCUT2D eigenvalue weighted by molar-refractivity contribution is 5.40. The number of rotatable bonds is 4. The van der Waals surface area contributed by atoms with Gasteiger partial charge in [-0.15, -0.1) is 0 Å². The van der Waals surface area contributed by atoms with Gasteiger partial charge >= 0.3 is 0 Å². The summed E-state index contributed by atoms with van der Waals surface area (Å²) >= 11 is 0. The maximum Gasteiger partial charge on any atom is 0.0996 e. The molecule has 22 heavy (non-hydrogen) atoms. The molecule has 0 unspecified atom stereocenters. The summed E-state index contributed by atoms with van der Waals surface area (Å²) in [6.45, 7) is 0.565. The summed E-state index contributed by atoms with van der Waals surface area (Å²) in [5.41, 5.74) is 11.2. The summed E-state index contributed by atoms with van der Waals surface area (Å²) in [5.74, 6) is 0. The smallest absolute Gasteiger partial charge is 0.0996 e. The van der Waals surface area contributed by atoms with Gasteiger partial charge in [0.2, 0.25) is 0 Å². The predicted octanol–water partition coefficient (Wildman–Crippen LogP) is 4.50. The second-order valence-electron chi connectivity index (χ2n) is 4.65. The number of nitrogens with one attached hydrogen (secondary N) is 1. The van der Waals surface area contributed by atoms with Crippen LogP contribution in [0.2, 0.25) is 0 Å². The Labute approximate surface area is 131 Å². The summed E-state index contributed by atoms with van der Waals surface area (Å²) in [6, 6.07) is 29.4. The van der Waals surface area contributed by atoms with E-state index < -0.39 is 0 Å². The maximum atomic E-state index is 5.36. The Balaban J connectivity index is 0.000000211. The topological polar surface area (TPSA) is 47.3 Å². The molecular formula is C19H20N2O. The van der Waals surface area contributed by atoms with Gasteiger partial charge in [-0.25, -0.2) is 0 Å². The van der Waals surface area contributed by atoms with Gasteiger partial charge in [-0.1, -0.05) is 66.7 Å². The van der Waals surface area contributed by atoms with Crippen molar-refractivity contribution in [1.82, 2.24) is 0 Å². The molecule has 0 aliphatic heterocycles. The summed E-state index contributed by atoms with van der Waals surface area (Å²) < 4.78 is 0. The van der Waals surface area contributed by atoms with E-state index in [2.05, 4.69) is 5.48 Å². The van der Waals surface area contributed by atoms with Gasteiger partial charge in [0.15, 0.2) is 0 Å². The third-order valence-corrected chi connectivity index (χ3v) is 2.85. The first-order valence-corrected chi connectivity index (χ1v) is 7.12. The van der Waals surface area contributed by atoms with Crippen LogP contribution in [-0.2, 0) is 11.4 Å². The van der Waals surface area contributed by atoms with Crippen molar-refractivity contribution < 1.29 is 4.84 Å². The van der Waals surface area contributed by atoms with Crippen LogP contribution in [0.3, 0.4) is 0 Å². The van der Waals surface area contributed by atoms with Crippen molar-refractivity contribution in [2.24, 2.45) is 0 Å². The van der Waals surface area contributed by atoms with Crippen LogP contribution >= 0.6 is 0 Å². The molecule has 0 saturated carbocycles. The molecule has 0 radical (unpaired) electrons. The van der Waals surface area contributed by atoms with Crippen molar-refractivity contribution in [3.05, 3.63) is 96.6 Å². The van der Waals surface area contributed by atoms with Gasteiger partial charge in [0.1, 0.15) is 0 Å². The number of hydrogen-bond donors (Lipinski definition) is 2. The van der Waals surface area contributed by atoms with Crippen LogP contribution in [0.1, 0.15) is 5.56 Å². The van der Waals surface area contributed by atoms with Crippen LogP contribution in [0, 0.1) is 0 Å². The molecule has 3 aromatic carbocycles. The molecule has 0 aliphatic carbocycles. The molecule has 0 bridgehead atoms. The second kappa shape index (κ2) is 9.21. The van der Waals surface area contributed by atoms with Crippen LogP contribution in [0.4, 0.5) is 11.4 Å². The summed E-state index contributed by atoms with van der Waals surface area (Å²) in [6.07, 6.45) is 0. The lowest BCUT2D eigenvalue weighted by Crippen LogP contribution is -2.00. The third kappa shape index (κ3) is 6.11. The van der Waals surface area contributed by atoms with Crippen LogP contribution in [0.25, 0.3) is 0 Å². The van der Waals surface area contributed by atoms with E-state index in [0.717, 1.165) is 16.9 Å². The maximum absolute atomic E-state index is 5.36. The minimum absolute atomic E-state index is 0.565. The molecule has 3 rings (SSSR count). The zero-order valence-electron chi connectivity index (χ0n) is 12.4. The van der Waals surface area contributed by atoms with E-state index in [1.54, 1.807) is 0 Å². The average Bonchev–Trinajstić information content (AvgIpc) is 2.58. The van der Waals surface area contributed by atoms with Crippen molar-refractivity contribution in [3.8, 4) is 0 Å². The predicted molar refractivity (Wildman–Crippen MR) is 92.2 cm³/mol. The second-order valence-corrected chi connectivity index (χ2v) is 4.65. The molecule has 0 aromatic heterocycles. The van der Waals surface area contributed by atoms with Gasteiger partial charge in [-0.05, 0) is 29.8 Å². The molecule has 0 heterocycles. The molecule has 3 aromatic rings. The lowest BCUT2D eigenvalue weighted by atomic mass is 10.2. The molecule has 0 atom stereocenters. The average molecular weight is 292 g/mol. The molecular weight excluding hydrogens is 272 g/mol. The molecule has 3 nitrogen and oxygen atoms in total. The van der Waals surface area contributed by atoms with Crippen molar-refractivity contribution >= 4 is 11.4 Å². The van der Waals surface area contributed by atoms with Crippen LogP contribution < -0.4 is 11.2 Å². The van der Waals surface area contributed by atoms with Crippen molar-refractivity contribution in [3.63, 3.8) is 0 Å². The van der Waals surface area contributed by atoms with E-state index >= 15 is 0 Å². The standard InChI is InChI=1S/C13H13NO.C6H7N/c1-3-7-12(8-4-1)11-15-14-13-9-5-2-6-10-13;7-6-4-2-1-3-5-6/h1-10,14H,11H2;1-5H,7H2. The molecule has 112 valence electrons. The lowest BCUT2D eigenvalue weighted by Gasteiger charge is -2.06. The Hall–Kier alpha value is -2.78. The number of anilines is 2. The molecule has 0 fully saturated rings. The van der Waals surface area contributed by atoms with Gasteiger partial charge in [0, 0.05) is 5.69 Å². The fourth-order valence-corrected chi connectivity index (χ4v) is 1.74. The highest BCUT2D eigenvalue weighted by atomic mass is 16.6. The van der Waals surface area contributed by atoms with Crippen molar-refractivity contribution in [2.45, 2.75) is 6.61 Å². The van der Waals surface area contributed by atoms with E-state index in [1.807, 2.05) is 91.0 Å². The number of para-hydroxylation sites is 2. The van der Waals surface area contributed by atoms with Gasteiger partial charge in [-0.2, -0.15) is 0 Å². The summed E-state index contributed by atoms with van der Waals surface area (Å²) in [7, 11) is 0. The largest absolute Gasteiger partial charge is 0.399 e. The van der Waals surface area contributed by atoms with Crippen LogP contribution in [0.5, 0.6) is 0 Å². The van der Waals surface area contributed by atoms with E-state index in [4.69, 9.17) is 10.6 Å². The van der Waals surface area contributed by atoms with Gasteiger partial charge in [-0.3, -0.25) is 10.3 Å². The first-order valence-electron chi connectivity index (χ1n) is 7.12. The monoisotopic (exact) mass is 292 g/mol. The highest BCUT2D eigenvalue weighted by Crippen LogP contribution is 2.06. The SMILES string of the molecule is Nc1ccccc1.c1ccc(CONc2ccccc2)cc1. The minimum atomic E-state index is 0.565. The first kappa shape index (κ1) is 15.6. The molecule has 0 saturated heterocycles. The fourth-order valence-electron chi connectivity index (χ4n) is 1.74. The Kier molecular flexibility index (Phi) is 6.53. The van der Waals surface area contributed by atoms with Crippen molar-refractivity contribution in [2.75, 3.05) is 11.2 Å². The molecule has 0 aliphatic rings. The van der Waals surface area contributed by atoms with Gasteiger partial charge in [0.05, 0.1) is 12.3 Å². The van der Waals surface area contributed by atoms with Gasteiger partial charge in [0.25, 0.3) is 0 Å². The van der Waals surface area contributed by atoms with E-state index in [-0.39, 0.29) is 0 Å². The van der Waals surface area contributed by atoms with Gasteiger partial charge < -0.3 is 5.73 Å². The molecule has 0 amide bonds. The summed E-state index contributed by atoms with van der Waals surface area (Å²) in [5, 5.41) is 0. The zero-order chi connectivity index (χ0) is 15.5. The van der Waals surface area contributed by atoms with E-state index in [9.17, 15) is 0 Å². The Morgan fingerprint density at radius 3 is 1.68 bits per heavy atom. The fraction of sp³-hybridized carbons (Fsp3) is 0.0526. The number of nitrogen functional groups attached to an aromatic ring is 1. The zero-order valence-corrected chi connectivity index (χ0v) is 12.4. The molecule has 0 spiro atoms. The summed E-state index contributed by atoms with van der Waals surface area (Å²) in [4.78, 5) is 5.36.